The van der Waals surface area contributed by atoms with Crippen LogP contribution in [0.1, 0.15) is 36.5 Å². The number of hydrogen-bond acceptors (Lipinski definition) is 6. The van der Waals surface area contributed by atoms with E-state index in [9.17, 15) is 18.0 Å². The minimum Gasteiger partial charge on any atom is -0.493 e. The van der Waals surface area contributed by atoms with E-state index in [4.69, 9.17) is 21.1 Å². The molecular weight excluding hydrogens is 650 g/mol. The number of nitrogens with zero attached hydrogens (tertiary/aromatic N) is 2. The normalized spacial score (nSPS) is 11.8. The molecular formula is C37H42ClN3O6S. The number of benzene rings is 4. The fraction of sp³-hybridized carbons (Fsp3) is 0.297. The molecule has 0 spiro atoms. The van der Waals surface area contributed by atoms with E-state index in [0.717, 1.165) is 33.8 Å². The Hall–Kier alpha value is -4.54. The van der Waals surface area contributed by atoms with Crippen molar-refractivity contribution in [2.24, 2.45) is 0 Å². The molecule has 0 aliphatic heterocycles. The van der Waals surface area contributed by atoms with E-state index in [2.05, 4.69) is 5.32 Å². The molecule has 0 heterocycles. The zero-order valence-corrected chi connectivity index (χ0v) is 29.3. The molecule has 0 radical (unpaired) electrons. The highest BCUT2D eigenvalue weighted by Gasteiger charge is 2.35. The summed E-state index contributed by atoms with van der Waals surface area (Å²) < 4.78 is 40.4. The third kappa shape index (κ3) is 9.29. The van der Waals surface area contributed by atoms with Gasteiger partial charge in [-0.25, -0.2) is 8.42 Å². The van der Waals surface area contributed by atoms with Gasteiger partial charge in [0.15, 0.2) is 11.5 Å². The molecule has 1 N–H and O–H groups in total. The van der Waals surface area contributed by atoms with E-state index in [1.807, 2.05) is 68.4 Å². The van der Waals surface area contributed by atoms with Gasteiger partial charge in [-0.05, 0) is 60.9 Å². The number of ether oxygens (including phenoxy) is 2. The van der Waals surface area contributed by atoms with Gasteiger partial charge in [-0.2, -0.15) is 0 Å². The first-order valence-corrected chi connectivity index (χ1v) is 17.6. The van der Waals surface area contributed by atoms with Crippen molar-refractivity contribution >= 4 is 39.1 Å². The van der Waals surface area contributed by atoms with Crippen LogP contribution in [0.3, 0.4) is 0 Å². The number of unbranched alkanes of at least 4 members (excludes halogenated alkanes) is 1. The third-order valence-corrected chi connectivity index (χ3v) is 9.93. The highest BCUT2D eigenvalue weighted by Crippen LogP contribution is 2.33. The molecule has 48 heavy (non-hydrogen) atoms. The monoisotopic (exact) mass is 691 g/mol. The SMILES string of the molecule is CCCCNC(=O)[C@H](Cc1ccccc1)N(Cc1ccc(C)cc1)C(=O)CN(c1ccc(Cl)cc1)S(=O)(=O)c1ccc(OC)c(OC)c1. The topological polar surface area (TPSA) is 105 Å². The van der Waals surface area contributed by atoms with Gasteiger partial charge in [0.1, 0.15) is 12.6 Å². The molecule has 0 saturated heterocycles. The Morgan fingerprint density at radius 1 is 0.854 bits per heavy atom. The van der Waals surface area contributed by atoms with Crippen LogP contribution >= 0.6 is 11.6 Å². The number of anilines is 1. The van der Waals surface area contributed by atoms with Gasteiger partial charge in [0, 0.05) is 30.6 Å². The lowest BCUT2D eigenvalue weighted by atomic mass is 10.0. The van der Waals surface area contributed by atoms with Crippen LogP contribution in [0.15, 0.2) is 102 Å². The maximum Gasteiger partial charge on any atom is 0.264 e. The molecule has 2 amide bonds. The number of sulfonamides is 1. The summed E-state index contributed by atoms with van der Waals surface area (Å²) in [5.74, 6) is -0.295. The maximum absolute atomic E-state index is 14.6. The Kier molecular flexibility index (Phi) is 12.9. The van der Waals surface area contributed by atoms with Crippen molar-refractivity contribution in [1.29, 1.82) is 0 Å². The van der Waals surface area contributed by atoms with Crippen LogP contribution in [0.2, 0.25) is 5.02 Å². The Morgan fingerprint density at radius 3 is 2.15 bits per heavy atom. The van der Waals surface area contributed by atoms with E-state index in [-0.39, 0.29) is 35.2 Å². The number of methoxy groups -OCH3 is 2. The summed E-state index contributed by atoms with van der Waals surface area (Å²) in [5, 5.41) is 3.40. The van der Waals surface area contributed by atoms with Crippen LogP contribution in [-0.4, -0.2) is 58.5 Å². The van der Waals surface area contributed by atoms with Crippen molar-refractivity contribution in [2.75, 3.05) is 31.6 Å². The van der Waals surface area contributed by atoms with E-state index >= 15 is 0 Å². The number of amides is 2. The first kappa shape index (κ1) is 36.3. The molecule has 254 valence electrons. The van der Waals surface area contributed by atoms with Gasteiger partial charge in [0.2, 0.25) is 11.8 Å². The van der Waals surface area contributed by atoms with Crippen LogP contribution < -0.4 is 19.1 Å². The summed E-state index contributed by atoms with van der Waals surface area (Å²) in [6.45, 7) is 3.96. The van der Waals surface area contributed by atoms with Crippen LogP contribution in [0, 0.1) is 6.92 Å². The van der Waals surface area contributed by atoms with Crippen molar-refractivity contribution in [1.82, 2.24) is 10.2 Å². The van der Waals surface area contributed by atoms with Gasteiger partial charge >= 0.3 is 0 Å². The molecule has 0 saturated carbocycles. The molecule has 4 aromatic carbocycles. The third-order valence-electron chi connectivity index (χ3n) is 7.91. The average Bonchev–Trinajstić information content (AvgIpc) is 3.10. The summed E-state index contributed by atoms with van der Waals surface area (Å²) in [7, 11) is -1.48. The Bertz CT molecular complexity index is 1770. The second-order valence-electron chi connectivity index (χ2n) is 11.4. The minimum atomic E-state index is -4.35. The maximum atomic E-state index is 14.6. The first-order valence-electron chi connectivity index (χ1n) is 15.7. The number of rotatable bonds is 16. The van der Waals surface area contributed by atoms with E-state index in [1.54, 1.807) is 12.1 Å². The summed E-state index contributed by atoms with van der Waals surface area (Å²) in [6, 6.07) is 26.7. The van der Waals surface area contributed by atoms with Gasteiger partial charge < -0.3 is 19.7 Å². The number of carbonyl (C=O) groups excluding carboxylic acids is 2. The van der Waals surface area contributed by atoms with Crippen LogP contribution in [-0.2, 0) is 32.6 Å². The van der Waals surface area contributed by atoms with Crippen molar-refractivity contribution in [3.05, 3.63) is 119 Å². The Labute approximate surface area is 288 Å². The van der Waals surface area contributed by atoms with Crippen molar-refractivity contribution in [3.63, 3.8) is 0 Å². The number of aryl methyl sites for hydroxylation is 1. The lowest BCUT2D eigenvalue weighted by Gasteiger charge is -2.34. The molecule has 1 atom stereocenters. The minimum absolute atomic E-state index is 0.0860. The second kappa shape index (κ2) is 17.0. The van der Waals surface area contributed by atoms with Crippen LogP contribution in [0.5, 0.6) is 11.5 Å². The molecule has 0 aliphatic rings. The molecule has 0 bridgehead atoms. The summed E-state index contributed by atoms with van der Waals surface area (Å²) in [6.07, 6.45) is 1.91. The van der Waals surface area contributed by atoms with Gasteiger partial charge in [0.05, 0.1) is 24.8 Å². The van der Waals surface area contributed by atoms with Crippen LogP contribution in [0.25, 0.3) is 0 Å². The number of carbonyl (C=O) groups is 2. The molecule has 0 fully saturated rings. The van der Waals surface area contributed by atoms with E-state index < -0.39 is 28.5 Å². The Balaban J connectivity index is 1.80. The zero-order chi connectivity index (χ0) is 34.7. The highest BCUT2D eigenvalue weighted by molar-refractivity contribution is 7.92. The molecule has 4 rings (SSSR count). The van der Waals surface area contributed by atoms with Gasteiger partial charge in [-0.15, -0.1) is 0 Å². The predicted molar refractivity (Wildman–Crippen MR) is 189 cm³/mol. The fourth-order valence-corrected chi connectivity index (χ4v) is 6.75. The van der Waals surface area contributed by atoms with Gasteiger partial charge in [-0.1, -0.05) is 85.1 Å². The van der Waals surface area contributed by atoms with E-state index in [1.165, 1.54) is 49.5 Å². The summed E-state index contributed by atoms with van der Waals surface area (Å²) in [5.41, 5.74) is 2.94. The first-order chi connectivity index (χ1) is 23.1. The lowest BCUT2D eigenvalue weighted by Crippen LogP contribution is -2.53. The number of halogens is 1. The average molecular weight is 692 g/mol. The fourth-order valence-electron chi connectivity index (χ4n) is 5.19. The molecule has 0 unspecified atom stereocenters. The smallest absolute Gasteiger partial charge is 0.264 e. The largest absolute Gasteiger partial charge is 0.493 e. The Morgan fingerprint density at radius 2 is 1.52 bits per heavy atom. The zero-order valence-electron chi connectivity index (χ0n) is 27.7. The lowest BCUT2D eigenvalue weighted by molar-refractivity contribution is -0.140. The standard InChI is InChI=1S/C37H42ClN3O6S/c1-5-6-22-39-37(43)33(23-28-10-8-7-9-11-28)40(25-29-14-12-27(2)13-15-29)36(42)26-41(31-18-16-30(38)17-19-31)48(44,45)32-20-21-34(46-3)35(24-32)47-4/h7-21,24,33H,5-6,22-23,25-26H2,1-4H3,(H,39,43)/t33-/m0/s1. The molecule has 4 aromatic rings. The molecule has 11 heteroatoms. The molecule has 9 nitrogen and oxygen atoms in total. The predicted octanol–water partition coefficient (Wildman–Crippen LogP) is 6.42. The molecule has 0 aliphatic carbocycles. The number of nitrogens with one attached hydrogen (secondary N) is 1. The molecule has 0 aromatic heterocycles. The quantitative estimate of drug-likeness (QED) is 0.136. The van der Waals surface area contributed by atoms with Gasteiger partial charge in [0.25, 0.3) is 10.0 Å². The van der Waals surface area contributed by atoms with Crippen molar-refractivity contribution in [3.8, 4) is 11.5 Å². The highest BCUT2D eigenvalue weighted by atomic mass is 35.5. The summed E-state index contributed by atoms with van der Waals surface area (Å²) >= 11 is 6.17. The van der Waals surface area contributed by atoms with E-state index in [0.29, 0.717) is 17.3 Å². The summed E-state index contributed by atoms with van der Waals surface area (Å²) in [4.78, 5) is 29.9. The van der Waals surface area contributed by atoms with Crippen LogP contribution in [0.4, 0.5) is 5.69 Å². The van der Waals surface area contributed by atoms with Crippen molar-refractivity contribution < 1.29 is 27.5 Å². The van der Waals surface area contributed by atoms with Crippen molar-refractivity contribution in [2.45, 2.75) is 50.6 Å². The number of hydrogen-bond donors (Lipinski definition) is 1. The second-order valence-corrected chi connectivity index (χ2v) is 13.7. The van der Waals surface area contributed by atoms with Gasteiger partial charge in [-0.3, -0.25) is 13.9 Å².